The van der Waals surface area contributed by atoms with Gasteiger partial charge < -0.3 is 4.74 Å². The molecule has 0 saturated carbocycles. The third-order valence-electron chi connectivity index (χ3n) is 3.07. The van der Waals surface area contributed by atoms with E-state index in [4.69, 9.17) is 11.2 Å². The van der Waals surface area contributed by atoms with Crippen molar-refractivity contribution in [2.45, 2.75) is 13.0 Å². The highest BCUT2D eigenvalue weighted by Crippen LogP contribution is 2.28. The van der Waals surface area contributed by atoms with Gasteiger partial charge in [-0.3, -0.25) is 9.20 Å². The summed E-state index contributed by atoms with van der Waals surface area (Å²) in [5, 5.41) is 9.78. The number of rotatable bonds is 2. The van der Waals surface area contributed by atoms with Crippen molar-refractivity contribution in [2.75, 3.05) is 0 Å². The van der Waals surface area contributed by atoms with Crippen LogP contribution in [0.4, 0.5) is 0 Å². The van der Waals surface area contributed by atoms with Gasteiger partial charge >= 0.3 is 5.97 Å². The molecule has 0 fully saturated rings. The lowest BCUT2D eigenvalue weighted by molar-refractivity contribution is -0.143. The van der Waals surface area contributed by atoms with Crippen molar-refractivity contribution < 1.29 is 9.53 Å². The Morgan fingerprint density at radius 2 is 2.25 bits per heavy atom. The summed E-state index contributed by atoms with van der Waals surface area (Å²) >= 11 is 0. The largest absolute Gasteiger partial charge is 0.444 e. The Hall–Kier alpha value is -2.87. The third kappa shape index (κ3) is 1.88. The molecule has 0 radical (unpaired) electrons. The molecular formula is C15H11N3O2. The molecule has 0 aliphatic rings. The zero-order valence-electron chi connectivity index (χ0n) is 10.8. The second-order valence-electron chi connectivity index (χ2n) is 4.34. The molecule has 98 valence electrons. The molecule has 0 aliphatic heterocycles. The minimum atomic E-state index is -0.707. The van der Waals surface area contributed by atoms with Crippen molar-refractivity contribution in [3.8, 4) is 12.3 Å². The van der Waals surface area contributed by atoms with Crippen molar-refractivity contribution in [2.24, 2.45) is 0 Å². The van der Waals surface area contributed by atoms with Gasteiger partial charge in [0.25, 0.3) is 0 Å². The Morgan fingerprint density at radius 3 is 3.00 bits per heavy atom. The van der Waals surface area contributed by atoms with Crippen LogP contribution in [-0.2, 0) is 9.53 Å². The molecular weight excluding hydrogens is 254 g/mol. The molecule has 2 aromatic heterocycles. The van der Waals surface area contributed by atoms with Crippen LogP contribution in [0.2, 0.25) is 0 Å². The van der Waals surface area contributed by atoms with Gasteiger partial charge in [-0.15, -0.1) is 16.6 Å². The maximum Gasteiger partial charge on any atom is 0.304 e. The van der Waals surface area contributed by atoms with E-state index in [0.717, 1.165) is 22.0 Å². The van der Waals surface area contributed by atoms with Crippen molar-refractivity contribution in [3.05, 3.63) is 42.4 Å². The van der Waals surface area contributed by atoms with Crippen molar-refractivity contribution >= 4 is 22.4 Å². The fourth-order valence-electron chi connectivity index (χ4n) is 2.25. The topological polar surface area (TPSA) is 56.5 Å². The van der Waals surface area contributed by atoms with Crippen LogP contribution in [0.15, 0.2) is 36.8 Å². The number of terminal acetylenes is 1. The smallest absolute Gasteiger partial charge is 0.304 e. The van der Waals surface area contributed by atoms with Crippen molar-refractivity contribution in [1.29, 1.82) is 0 Å². The molecule has 1 unspecified atom stereocenters. The number of carbonyl (C=O) groups excluding carboxylic acids is 1. The zero-order valence-corrected chi connectivity index (χ0v) is 10.8. The van der Waals surface area contributed by atoms with E-state index in [-0.39, 0.29) is 0 Å². The summed E-state index contributed by atoms with van der Waals surface area (Å²) in [6, 6.07) is 7.56. The van der Waals surface area contributed by atoms with Gasteiger partial charge in [-0.05, 0) is 11.5 Å². The molecule has 1 atom stereocenters. The molecule has 0 aliphatic carbocycles. The predicted molar refractivity (Wildman–Crippen MR) is 73.8 cm³/mol. The van der Waals surface area contributed by atoms with Crippen LogP contribution in [0.5, 0.6) is 0 Å². The molecule has 1 aromatic carbocycles. The van der Waals surface area contributed by atoms with Gasteiger partial charge in [0.1, 0.15) is 6.33 Å². The SMILES string of the molecule is C#CC(OC(C)=O)c1cccc2c1ccn1cnnc21. The highest BCUT2D eigenvalue weighted by molar-refractivity contribution is 5.96. The lowest BCUT2D eigenvalue weighted by Gasteiger charge is -2.14. The van der Waals surface area contributed by atoms with Gasteiger partial charge in [0.05, 0.1) is 0 Å². The number of pyridine rings is 1. The monoisotopic (exact) mass is 265 g/mol. The van der Waals surface area contributed by atoms with Gasteiger partial charge in [0.2, 0.25) is 0 Å². The predicted octanol–water partition coefficient (Wildman–Crippen LogP) is 2.12. The van der Waals surface area contributed by atoms with Gasteiger partial charge in [-0.25, -0.2) is 0 Å². The summed E-state index contributed by atoms with van der Waals surface area (Å²) in [6.45, 7) is 1.34. The van der Waals surface area contributed by atoms with Gasteiger partial charge in [0.15, 0.2) is 11.8 Å². The first-order valence-corrected chi connectivity index (χ1v) is 6.05. The van der Waals surface area contributed by atoms with E-state index in [1.165, 1.54) is 6.92 Å². The molecule has 0 amide bonds. The van der Waals surface area contributed by atoms with Gasteiger partial charge in [0, 0.05) is 24.1 Å². The van der Waals surface area contributed by atoms with Crippen LogP contribution < -0.4 is 0 Å². The summed E-state index contributed by atoms with van der Waals surface area (Å²) in [6.07, 6.45) is 8.25. The molecule has 0 N–H and O–H groups in total. The lowest BCUT2D eigenvalue weighted by atomic mass is 10.0. The van der Waals surface area contributed by atoms with E-state index >= 15 is 0 Å². The second-order valence-corrected chi connectivity index (χ2v) is 4.34. The molecule has 0 saturated heterocycles. The first-order valence-electron chi connectivity index (χ1n) is 6.05. The fourth-order valence-corrected chi connectivity index (χ4v) is 2.25. The Balaban J connectivity index is 2.26. The maximum absolute atomic E-state index is 11.1. The number of benzene rings is 1. The molecule has 0 spiro atoms. The van der Waals surface area contributed by atoms with E-state index in [1.54, 1.807) is 6.33 Å². The minimum Gasteiger partial charge on any atom is -0.444 e. The summed E-state index contributed by atoms with van der Waals surface area (Å²) in [5.41, 5.74) is 1.51. The third-order valence-corrected chi connectivity index (χ3v) is 3.07. The van der Waals surface area contributed by atoms with E-state index in [0.29, 0.717) is 0 Å². The van der Waals surface area contributed by atoms with Crippen LogP contribution in [0, 0.1) is 12.3 Å². The quantitative estimate of drug-likeness (QED) is 0.526. The summed E-state index contributed by atoms with van der Waals surface area (Å²) in [7, 11) is 0. The number of aromatic nitrogens is 3. The van der Waals surface area contributed by atoms with E-state index in [9.17, 15) is 4.79 Å². The highest BCUT2D eigenvalue weighted by atomic mass is 16.5. The van der Waals surface area contributed by atoms with Gasteiger partial charge in [-0.2, -0.15) is 0 Å². The first kappa shape index (κ1) is 12.2. The van der Waals surface area contributed by atoms with Crippen LogP contribution in [0.1, 0.15) is 18.6 Å². The van der Waals surface area contributed by atoms with E-state index < -0.39 is 12.1 Å². The molecule has 3 rings (SSSR count). The Morgan fingerprint density at radius 1 is 1.40 bits per heavy atom. The Bertz CT molecular complexity index is 845. The Kier molecular flexibility index (Phi) is 2.84. The maximum atomic E-state index is 11.1. The van der Waals surface area contributed by atoms with Crippen molar-refractivity contribution in [3.63, 3.8) is 0 Å². The molecule has 0 bridgehead atoms. The number of carbonyl (C=O) groups is 1. The summed E-state index contributed by atoms with van der Waals surface area (Å²) in [5.74, 6) is 2.09. The number of hydrogen-bond acceptors (Lipinski definition) is 4. The summed E-state index contributed by atoms with van der Waals surface area (Å²) < 4.78 is 6.99. The summed E-state index contributed by atoms with van der Waals surface area (Å²) in [4.78, 5) is 11.1. The minimum absolute atomic E-state index is 0.409. The van der Waals surface area contributed by atoms with Crippen molar-refractivity contribution in [1.82, 2.24) is 14.6 Å². The number of nitrogens with zero attached hydrogens (tertiary/aromatic N) is 3. The van der Waals surface area contributed by atoms with Crippen LogP contribution in [-0.4, -0.2) is 20.6 Å². The Labute approximate surface area is 115 Å². The first-order chi connectivity index (χ1) is 9.70. The lowest BCUT2D eigenvalue weighted by Crippen LogP contribution is -2.07. The second kappa shape index (κ2) is 4.67. The molecule has 20 heavy (non-hydrogen) atoms. The van der Waals surface area contributed by atoms with Crippen LogP contribution >= 0.6 is 0 Å². The molecule has 5 nitrogen and oxygen atoms in total. The van der Waals surface area contributed by atoms with Gasteiger partial charge in [-0.1, -0.05) is 24.1 Å². The average Bonchev–Trinajstić information content (AvgIpc) is 2.92. The molecule has 2 heterocycles. The number of fused-ring (bicyclic) bond motifs is 3. The van der Waals surface area contributed by atoms with Crippen LogP contribution in [0.25, 0.3) is 16.4 Å². The highest BCUT2D eigenvalue weighted by Gasteiger charge is 2.16. The number of ether oxygens (including phenoxy) is 1. The average molecular weight is 265 g/mol. The van der Waals surface area contributed by atoms with E-state index in [2.05, 4.69) is 16.1 Å². The normalized spacial score (nSPS) is 12.2. The molecule has 3 aromatic rings. The molecule has 5 heteroatoms. The van der Waals surface area contributed by atoms with Crippen LogP contribution in [0.3, 0.4) is 0 Å². The number of hydrogen-bond donors (Lipinski definition) is 0. The zero-order chi connectivity index (χ0) is 14.1. The van der Waals surface area contributed by atoms with E-state index in [1.807, 2.05) is 34.9 Å². The standard InChI is InChI=1S/C15H11N3O2/c1-3-14(20-10(2)19)12-5-4-6-13-11(12)7-8-18-9-16-17-15(13)18/h1,4-9,14H,2H3. The fraction of sp³-hybridized carbons (Fsp3) is 0.133. The number of esters is 1.